The molecule has 0 atom stereocenters. The average Bonchev–Trinajstić information content (AvgIpc) is 3.13. The molecule has 1 saturated carbocycles. The first-order valence-electron chi connectivity index (χ1n) is 9.18. The lowest BCUT2D eigenvalue weighted by atomic mass is 10.2. The van der Waals surface area contributed by atoms with E-state index in [1.54, 1.807) is 7.11 Å². The molecule has 0 unspecified atom stereocenters. The minimum atomic E-state index is 0.295. The van der Waals surface area contributed by atoms with Gasteiger partial charge in [-0.1, -0.05) is 0 Å². The van der Waals surface area contributed by atoms with Crippen LogP contribution in [0.15, 0.2) is 23.2 Å². The van der Waals surface area contributed by atoms with Crippen LogP contribution in [0.4, 0.5) is 0 Å². The van der Waals surface area contributed by atoms with Crippen LogP contribution in [-0.2, 0) is 11.3 Å². The van der Waals surface area contributed by atoms with Gasteiger partial charge >= 0.3 is 0 Å². The Morgan fingerprint density at radius 2 is 2.12 bits per heavy atom. The van der Waals surface area contributed by atoms with Gasteiger partial charge in [0.1, 0.15) is 11.5 Å². The van der Waals surface area contributed by atoms with Gasteiger partial charge in [-0.25, -0.2) is 4.99 Å². The molecule has 2 rings (SSSR count). The Kier molecular flexibility index (Phi) is 8.39. The highest BCUT2D eigenvalue weighted by Crippen LogP contribution is 2.30. The molecule has 25 heavy (non-hydrogen) atoms. The summed E-state index contributed by atoms with van der Waals surface area (Å²) < 4.78 is 16.8. The van der Waals surface area contributed by atoms with E-state index in [9.17, 15) is 0 Å². The number of guanidine groups is 1. The molecule has 0 radical (unpaired) electrons. The van der Waals surface area contributed by atoms with Crippen LogP contribution in [0, 0.1) is 0 Å². The Bertz CT molecular complexity index is 543. The van der Waals surface area contributed by atoms with Crippen LogP contribution in [0.2, 0.25) is 0 Å². The molecule has 0 amide bonds. The molecule has 6 heteroatoms. The molecule has 6 nitrogen and oxygen atoms in total. The molecular formula is C19H31N3O3. The van der Waals surface area contributed by atoms with Gasteiger partial charge in [-0.3, -0.25) is 0 Å². The Morgan fingerprint density at radius 1 is 1.32 bits per heavy atom. The number of nitrogens with two attached hydrogens (primary N) is 1. The maximum absolute atomic E-state index is 6.18. The van der Waals surface area contributed by atoms with Gasteiger partial charge in [0.05, 0.1) is 19.8 Å². The number of aliphatic imine (C=N–C) groups is 1. The largest absolute Gasteiger partial charge is 0.497 e. The number of nitrogens with zero attached hydrogens (tertiary/aromatic N) is 1. The Labute approximate surface area is 150 Å². The number of nitrogens with one attached hydrogen (secondary N) is 1. The lowest BCUT2D eigenvalue weighted by molar-refractivity contribution is 0.145. The summed E-state index contributed by atoms with van der Waals surface area (Å²) >= 11 is 0. The van der Waals surface area contributed by atoms with Crippen molar-refractivity contribution in [2.45, 2.75) is 51.7 Å². The molecule has 0 bridgehead atoms. The third-order valence-electron chi connectivity index (χ3n) is 4.27. The van der Waals surface area contributed by atoms with Crippen molar-refractivity contribution in [1.29, 1.82) is 0 Å². The molecule has 1 aliphatic rings. The number of hydrogen-bond donors (Lipinski definition) is 2. The van der Waals surface area contributed by atoms with Crippen LogP contribution in [0.5, 0.6) is 11.5 Å². The number of benzene rings is 1. The summed E-state index contributed by atoms with van der Waals surface area (Å²) in [6.07, 6.45) is 5.90. The van der Waals surface area contributed by atoms with E-state index >= 15 is 0 Å². The van der Waals surface area contributed by atoms with E-state index in [1.165, 1.54) is 12.8 Å². The van der Waals surface area contributed by atoms with Gasteiger partial charge in [0.2, 0.25) is 0 Å². The van der Waals surface area contributed by atoms with E-state index in [1.807, 2.05) is 25.1 Å². The van der Waals surface area contributed by atoms with Gasteiger partial charge < -0.3 is 25.3 Å². The summed E-state index contributed by atoms with van der Waals surface area (Å²) in [5.41, 5.74) is 6.96. The van der Waals surface area contributed by atoms with Crippen molar-refractivity contribution in [3.63, 3.8) is 0 Å². The Morgan fingerprint density at radius 3 is 2.84 bits per heavy atom. The number of rotatable bonds is 10. The van der Waals surface area contributed by atoms with Crippen molar-refractivity contribution in [3.05, 3.63) is 23.8 Å². The van der Waals surface area contributed by atoms with Gasteiger partial charge in [0.15, 0.2) is 5.96 Å². The molecule has 0 aromatic heterocycles. The van der Waals surface area contributed by atoms with Crippen molar-refractivity contribution in [2.24, 2.45) is 10.7 Å². The van der Waals surface area contributed by atoms with Crippen LogP contribution in [0.3, 0.4) is 0 Å². The molecule has 0 heterocycles. The van der Waals surface area contributed by atoms with Crippen LogP contribution in [0.25, 0.3) is 0 Å². The predicted molar refractivity (Wildman–Crippen MR) is 100 cm³/mol. The second-order valence-electron chi connectivity index (χ2n) is 6.18. The summed E-state index contributed by atoms with van der Waals surface area (Å²) in [5.74, 6) is 2.08. The van der Waals surface area contributed by atoms with Gasteiger partial charge in [-0.15, -0.1) is 0 Å². The lowest BCUT2D eigenvalue weighted by Gasteiger charge is -2.17. The van der Waals surface area contributed by atoms with E-state index in [0.717, 1.165) is 56.1 Å². The number of hydrogen-bond acceptors (Lipinski definition) is 4. The molecule has 1 aliphatic carbocycles. The molecule has 1 aromatic carbocycles. The summed E-state index contributed by atoms with van der Waals surface area (Å²) in [7, 11) is 1.66. The SMILES string of the molecule is CCOCCCNC(N)=NCc1ccc(OC)cc1OC1CCCC1. The van der Waals surface area contributed by atoms with Crippen LogP contribution in [0.1, 0.15) is 44.6 Å². The first-order chi connectivity index (χ1) is 12.2. The monoisotopic (exact) mass is 349 g/mol. The highest BCUT2D eigenvalue weighted by atomic mass is 16.5. The van der Waals surface area contributed by atoms with Crippen molar-refractivity contribution >= 4 is 5.96 Å². The minimum Gasteiger partial charge on any atom is -0.497 e. The van der Waals surface area contributed by atoms with Crippen molar-refractivity contribution in [1.82, 2.24) is 5.32 Å². The minimum absolute atomic E-state index is 0.295. The smallest absolute Gasteiger partial charge is 0.188 e. The molecular weight excluding hydrogens is 318 g/mol. The molecule has 140 valence electrons. The zero-order valence-corrected chi connectivity index (χ0v) is 15.4. The maximum atomic E-state index is 6.18. The second-order valence-corrected chi connectivity index (χ2v) is 6.18. The fraction of sp³-hybridized carbons (Fsp3) is 0.632. The molecule has 0 spiro atoms. The number of ether oxygens (including phenoxy) is 3. The molecule has 3 N–H and O–H groups in total. The molecule has 0 saturated heterocycles. The highest BCUT2D eigenvalue weighted by molar-refractivity contribution is 5.77. The third kappa shape index (κ3) is 6.82. The quantitative estimate of drug-likeness (QED) is 0.386. The van der Waals surface area contributed by atoms with Crippen LogP contribution < -0.4 is 20.5 Å². The van der Waals surface area contributed by atoms with Gasteiger partial charge in [0.25, 0.3) is 0 Å². The summed E-state index contributed by atoms with van der Waals surface area (Å²) in [5, 5.41) is 3.11. The van der Waals surface area contributed by atoms with Crippen LogP contribution in [-0.4, -0.2) is 38.9 Å². The zero-order valence-electron chi connectivity index (χ0n) is 15.4. The first kappa shape index (κ1) is 19.4. The fourth-order valence-corrected chi connectivity index (χ4v) is 2.85. The summed E-state index contributed by atoms with van der Waals surface area (Å²) in [4.78, 5) is 4.42. The predicted octanol–water partition coefficient (Wildman–Crippen LogP) is 2.85. The first-order valence-corrected chi connectivity index (χ1v) is 9.18. The lowest BCUT2D eigenvalue weighted by Crippen LogP contribution is -2.32. The fourth-order valence-electron chi connectivity index (χ4n) is 2.85. The highest BCUT2D eigenvalue weighted by Gasteiger charge is 2.18. The van der Waals surface area contributed by atoms with Crippen LogP contribution >= 0.6 is 0 Å². The summed E-state index contributed by atoms with van der Waals surface area (Å²) in [6.45, 7) is 4.70. The van der Waals surface area contributed by atoms with Gasteiger partial charge in [-0.05, 0) is 51.2 Å². The van der Waals surface area contributed by atoms with Gasteiger partial charge in [0, 0.05) is 31.4 Å². The van der Waals surface area contributed by atoms with Gasteiger partial charge in [-0.2, -0.15) is 0 Å². The Balaban J connectivity index is 1.91. The number of methoxy groups -OCH3 is 1. The van der Waals surface area contributed by atoms with E-state index < -0.39 is 0 Å². The summed E-state index contributed by atoms with van der Waals surface area (Å²) in [6, 6.07) is 5.86. The molecule has 1 aromatic rings. The maximum Gasteiger partial charge on any atom is 0.188 e. The van der Waals surface area contributed by atoms with Crippen molar-refractivity contribution in [3.8, 4) is 11.5 Å². The molecule has 1 fully saturated rings. The zero-order chi connectivity index (χ0) is 17.9. The van der Waals surface area contributed by atoms with E-state index in [2.05, 4.69) is 10.3 Å². The van der Waals surface area contributed by atoms with Crippen molar-refractivity contribution < 1.29 is 14.2 Å². The van der Waals surface area contributed by atoms with E-state index in [4.69, 9.17) is 19.9 Å². The topological polar surface area (TPSA) is 78.1 Å². The average molecular weight is 349 g/mol. The standard InChI is InChI=1S/C19H31N3O3/c1-3-24-12-6-11-21-19(20)22-14-15-9-10-17(23-2)13-18(15)25-16-7-4-5-8-16/h9-10,13,16H,3-8,11-12,14H2,1-2H3,(H3,20,21,22). The second kappa shape index (κ2) is 10.8. The van der Waals surface area contributed by atoms with Crippen molar-refractivity contribution in [2.75, 3.05) is 26.9 Å². The third-order valence-corrected chi connectivity index (χ3v) is 4.27. The normalized spacial score (nSPS) is 15.4. The Hall–Kier alpha value is -1.95. The van der Waals surface area contributed by atoms with E-state index in [0.29, 0.717) is 18.6 Å². The van der Waals surface area contributed by atoms with E-state index in [-0.39, 0.29) is 0 Å². The molecule has 0 aliphatic heterocycles.